The predicted molar refractivity (Wildman–Crippen MR) is 79.4 cm³/mol. The molecular weight excluding hydrogens is 306 g/mol. The van der Waals surface area contributed by atoms with Gasteiger partial charge in [0.2, 0.25) is 0 Å². The van der Waals surface area contributed by atoms with Crippen LogP contribution in [0, 0.1) is 5.92 Å². The number of ketones is 1. The Kier molecular flexibility index (Phi) is 4.99. The molecule has 4 heteroatoms. The Hall–Kier alpha value is -0.870. The van der Waals surface area contributed by atoms with Gasteiger partial charge < -0.3 is 4.74 Å². The quantitative estimate of drug-likeness (QED) is 0.851. The monoisotopic (exact) mass is 325 g/mol. The van der Waals surface area contributed by atoms with E-state index in [4.69, 9.17) is 4.74 Å². The van der Waals surface area contributed by atoms with Crippen LogP contribution in [0.25, 0.3) is 0 Å². The van der Waals surface area contributed by atoms with Crippen LogP contribution in [0.2, 0.25) is 0 Å². The third kappa shape index (κ3) is 3.80. The number of ether oxygens (including phenoxy) is 1. The van der Waals surface area contributed by atoms with E-state index in [1.807, 2.05) is 12.1 Å². The van der Waals surface area contributed by atoms with E-state index in [0.717, 1.165) is 42.7 Å². The van der Waals surface area contributed by atoms with Gasteiger partial charge in [0.15, 0.2) is 0 Å². The van der Waals surface area contributed by atoms with Gasteiger partial charge in [-0.3, -0.25) is 9.69 Å². The summed E-state index contributed by atoms with van der Waals surface area (Å²) in [6.45, 7) is 4.46. The van der Waals surface area contributed by atoms with Crippen LogP contribution in [0.15, 0.2) is 22.7 Å². The molecule has 2 rings (SSSR count). The number of methoxy groups -OCH3 is 1. The van der Waals surface area contributed by atoms with Gasteiger partial charge in [0.1, 0.15) is 11.5 Å². The fourth-order valence-electron chi connectivity index (χ4n) is 2.64. The van der Waals surface area contributed by atoms with E-state index < -0.39 is 0 Å². The Labute approximate surface area is 123 Å². The molecule has 19 heavy (non-hydrogen) atoms. The molecular formula is C15H20BrNO2. The molecule has 1 aliphatic rings. The van der Waals surface area contributed by atoms with Gasteiger partial charge >= 0.3 is 0 Å². The molecule has 1 aromatic rings. The van der Waals surface area contributed by atoms with Crippen molar-refractivity contribution in [3.63, 3.8) is 0 Å². The fraction of sp³-hybridized carbons (Fsp3) is 0.533. The van der Waals surface area contributed by atoms with E-state index in [2.05, 4.69) is 26.9 Å². The molecule has 1 unspecified atom stereocenters. The average molecular weight is 326 g/mol. The topological polar surface area (TPSA) is 29.5 Å². The van der Waals surface area contributed by atoms with Crippen molar-refractivity contribution in [2.75, 3.05) is 20.2 Å². The second-order valence-corrected chi connectivity index (χ2v) is 6.06. The number of hydrogen-bond donors (Lipinski definition) is 0. The van der Waals surface area contributed by atoms with Crippen molar-refractivity contribution >= 4 is 21.7 Å². The van der Waals surface area contributed by atoms with E-state index in [0.29, 0.717) is 5.78 Å². The summed E-state index contributed by atoms with van der Waals surface area (Å²) in [5, 5.41) is 0. The molecule has 3 nitrogen and oxygen atoms in total. The lowest BCUT2D eigenvalue weighted by atomic mass is 9.94. The minimum absolute atomic E-state index is 0.201. The summed E-state index contributed by atoms with van der Waals surface area (Å²) in [5.41, 5.74) is 1.17. The molecule has 0 bridgehead atoms. The van der Waals surface area contributed by atoms with Gasteiger partial charge in [0.25, 0.3) is 0 Å². The number of carbonyl (C=O) groups excluding carboxylic acids is 1. The van der Waals surface area contributed by atoms with Crippen LogP contribution in [-0.4, -0.2) is 30.9 Å². The zero-order valence-corrected chi connectivity index (χ0v) is 13.1. The highest BCUT2D eigenvalue weighted by Crippen LogP contribution is 2.26. The number of piperidine rings is 1. The number of Topliss-reactive ketones (excluding diaryl/α,β-unsaturated/α-hetero) is 1. The van der Waals surface area contributed by atoms with Crippen molar-refractivity contribution in [3.05, 3.63) is 28.2 Å². The minimum Gasteiger partial charge on any atom is -0.496 e. The van der Waals surface area contributed by atoms with Gasteiger partial charge in [-0.25, -0.2) is 0 Å². The van der Waals surface area contributed by atoms with E-state index >= 15 is 0 Å². The third-order valence-corrected chi connectivity index (χ3v) is 4.21. The largest absolute Gasteiger partial charge is 0.496 e. The number of benzene rings is 1. The molecule has 0 spiro atoms. The van der Waals surface area contributed by atoms with Gasteiger partial charge in [-0.05, 0) is 44.5 Å². The average Bonchev–Trinajstić information content (AvgIpc) is 2.39. The Morgan fingerprint density at radius 1 is 1.53 bits per heavy atom. The number of hydrogen-bond acceptors (Lipinski definition) is 3. The Morgan fingerprint density at radius 2 is 2.32 bits per heavy atom. The standard InChI is InChI=1S/C15H20BrNO2/c1-11(18)12-4-3-7-17(9-12)10-13-8-14(16)5-6-15(13)19-2/h5-6,8,12H,3-4,7,9-10H2,1-2H3. The Morgan fingerprint density at radius 3 is 3.00 bits per heavy atom. The van der Waals surface area contributed by atoms with Crippen molar-refractivity contribution < 1.29 is 9.53 Å². The molecule has 1 aromatic carbocycles. The maximum absolute atomic E-state index is 11.5. The van der Waals surface area contributed by atoms with E-state index in [1.54, 1.807) is 14.0 Å². The number of likely N-dealkylation sites (tertiary alicyclic amines) is 1. The molecule has 0 amide bonds. The van der Waals surface area contributed by atoms with Gasteiger partial charge in [-0.1, -0.05) is 15.9 Å². The van der Waals surface area contributed by atoms with Crippen molar-refractivity contribution in [1.82, 2.24) is 4.90 Å². The first-order chi connectivity index (χ1) is 9.10. The number of nitrogens with zero attached hydrogens (tertiary/aromatic N) is 1. The molecule has 1 saturated heterocycles. The Balaban J connectivity index is 2.08. The second kappa shape index (κ2) is 6.53. The summed E-state index contributed by atoms with van der Waals surface area (Å²) >= 11 is 3.50. The highest BCUT2D eigenvalue weighted by atomic mass is 79.9. The van der Waals surface area contributed by atoms with Crippen molar-refractivity contribution in [2.24, 2.45) is 5.92 Å². The summed E-state index contributed by atoms with van der Waals surface area (Å²) in [7, 11) is 1.70. The molecule has 0 N–H and O–H groups in total. The van der Waals surface area contributed by atoms with E-state index in [9.17, 15) is 4.79 Å². The van der Waals surface area contributed by atoms with Gasteiger partial charge in [-0.2, -0.15) is 0 Å². The van der Waals surface area contributed by atoms with Crippen LogP contribution in [-0.2, 0) is 11.3 Å². The van der Waals surface area contributed by atoms with Gasteiger partial charge in [0.05, 0.1) is 7.11 Å². The molecule has 104 valence electrons. The zero-order valence-electron chi connectivity index (χ0n) is 11.5. The molecule has 0 aliphatic carbocycles. The Bertz CT molecular complexity index is 461. The van der Waals surface area contributed by atoms with Crippen LogP contribution in [0.5, 0.6) is 5.75 Å². The normalized spacial score (nSPS) is 20.3. The first kappa shape index (κ1) is 14.5. The molecule has 1 aliphatic heterocycles. The van der Waals surface area contributed by atoms with E-state index in [1.165, 1.54) is 5.56 Å². The maximum Gasteiger partial charge on any atom is 0.134 e. The van der Waals surface area contributed by atoms with Gasteiger partial charge in [-0.15, -0.1) is 0 Å². The predicted octanol–water partition coefficient (Wildman–Crippen LogP) is 3.26. The number of rotatable bonds is 4. The maximum atomic E-state index is 11.5. The third-order valence-electron chi connectivity index (χ3n) is 3.72. The molecule has 1 atom stereocenters. The fourth-order valence-corrected chi connectivity index (χ4v) is 3.05. The lowest BCUT2D eigenvalue weighted by Crippen LogP contribution is -2.37. The lowest BCUT2D eigenvalue weighted by molar-refractivity contribution is -0.122. The summed E-state index contributed by atoms with van der Waals surface area (Å²) < 4.78 is 6.46. The SMILES string of the molecule is COc1ccc(Br)cc1CN1CCCC(C(C)=O)C1. The van der Waals surface area contributed by atoms with E-state index in [-0.39, 0.29) is 5.92 Å². The number of halogens is 1. The van der Waals surface area contributed by atoms with Crippen LogP contribution < -0.4 is 4.74 Å². The summed E-state index contributed by atoms with van der Waals surface area (Å²) in [6, 6.07) is 6.05. The first-order valence-corrected chi connectivity index (χ1v) is 7.44. The van der Waals surface area contributed by atoms with Gasteiger partial charge in [0, 0.05) is 29.0 Å². The smallest absolute Gasteiger partial charge is 0.134 e. The summed E-state index contributed by atoms with van der Waals surface area (Å²) in [5.74, 6) is 1.42. The molecule has 0 radical (unpaired) electrons. The highest BCUT2D eigenvalue weighted by molar-refractivity contribution is 9.10. The zero-order chi connectivity index (χ0) is 13.8. The van der Waals surface area contributed by atoms with Crippen LogP contribution in [0.3, 0.4) is 0 Å². The van der Waals surface area contributed by atoms with Crippen molar-refractivity contribution in [1.29, 1.82) is 0 Å². The number of carbonyl (C=O) groups is 1. The van der Waals surface area contributed by atoms with Crippen molar-refractivity contribution in [3.8, 4) is 5.75 Å². The highest BCUT2D eigenvalue weighted by Gasteiger charge is 2.23. The van der Waals surface area contributed by atoms with Crippen LogP contribution >= 0.6 is 15.9 Å². The summed E-state index contributed by atoms with van der Waals surface area (Å²) in [6.07, 6.45) is 2.13. The van der Waals surface area contributed by atoms with Crippen LogP contribution in [0.1, 0.15) is 25.3 Å². The molecule has 1 heterocycles. The molecule has 0 aromatic heterocycles. The van der Waals surface area contributed by atoms with Crippen molar-refractivity contribution in [2.45, 2.75) is 26.3 Å². The van der Waals surface area contributed by atoms with Crippen LogP contribution in [0.4, 0.5) is 0 Å². The minimum atomic E-state index is 0.201. The molecule has 0 saturated carbocycles. The molecule has 1 fully saturated rings. The second-order valence-electron chi connectivity index (χ2n) is 5.14. The lowest BCUT2D eigenvalue weighted by Gasteiger charge is -2.31. The first-order valence-electron chi connectivity index (χ1n) is 6.65. The summed E-state index contributed by atoms with van der Waals surface area (Å²) in [4.78, 5) is 13.9.